The summed E-state index contributed by atoms with van der Waals surface area (Å²) in [7, 11) is 2.76. The SMILES string of the molecule is COC(=O)c1cc(OC(=O)c2ccc(Cl)cc2Cl)n(C)n1. The molecule has 8 heteroatoms. The Balaban J connectivity index is 2.23. The summed E-state index contributed by atoms with van der Waals surface area (Å²) in [5.74, 6) is -1.22. The number of esters is 2. The lowest BCUT2D eigenvalue weighted by Crippen LogP contribution is -2.11. The summed E-state index contributed by atoms with van der Waals surface area (Å²) in [6.45, 7) is 0. The van der Waals surface area contributed by atoms with E-state index in [4.69, 9.17) is 27.9 Å². The molecule has 1 heterocycles. The van der Waals surface area contributed by atoms with Gasteiger partial charge >= 0.3 is 11.9 Å². The lowest BCUT2D eigenvalue weighted by atomic mass is 10.2. The predicted octanol–water partition coefficient (Wildman–Crippen LogP) is 2.73. The van der Waals surface area contributed by atoms with Gasteiger partial charge in [0.1, 0.15) is 0 Å². The number of aryl methyl sites for hydroxylation is 1. The van der Waals surface area contributed by atoms with Crippen LogP contribution in [0.1, 0.15) is 20.8 Å². The van der Waals surface area contributed by atoms with Crippen LogP contribution >= 0.6 is 23.2 Å². The molecule has 0 aliphatic carbocycles. The third-order valence-electron chi connectivity index (χ3n) is 2.58. The lowest BCUT2D eigenvalue weighted by Gasteiger charge is -2.05. The van der Waals surface area contributed by atoms with E-state index in [2.05, 4.69) is 9.84 Å². The minimum absolute atomic E-state index is 0.0324. The highest BCUT2D eigenvalue weighted by Gasteiger charge is 2.18. The van der Waals surface area contributed by atoms with Crippen LogP contribution in [0.2, 0.25) is 10.0 Å². The molecule has 0 amide bonds. The summed E-state index contributed by atoms with van der Waals surface area (Å²) in [5, 5.41) is 4.45. The Kier molecular flexibility index (Phi) is 4.50. The van der Waals surface area contributed by atoms with Gasteiger partial charge in [-0.15, -0.1) is 0 Å². The summed E-state index contributed by atoms with van der Waals surface area (Å²) in [6, 6.07) is 5.70. The zero-order valence-electron chi connectivity index (χ0n) is 11.1. The Morgan fingerprint density at radius 2 is 1.90 bits per heavy atom. The van der Waals surface area contributed by atoms with Gasteiger partial charge in [-0.3, -0.25) is 0 Å². The van der Waals surface area contributed by atoms with Crippen LogP contribution in [-0.2, 0) is 11.8 Å². The molecule has 110 valence electrons. The van der Waals surface area contributed by atoms with E-state index in [0.29, 0.717) is 5.02 Å². The van der Waals surface area contributed by atoms with Gasteiger partial charge in [0.2, 0.25) is 5.88 Å². The molecular formula is C13H10Cl2N2O4. The van der Waals surface area contributed by atoms with Crippen LogP contribution in [0, 0.1) is 0 Å². The first kappa shape index (κ1) is 15.3. The first-order valence-electron chi connectivity index (χ1n) is 5.72. The third kappa shape index (κ3) is 3.34. The Bertz CT molecular complexity index is 712. The molecule has 0 saturated heterocycles. The van der Waals surface area contributed by atoms with E-state index in [-0.39, 0.29) is 22.2 Å². The highest BCUT2D eigenvalue weighted by atomic mass is 35.5. The molecule has 6 nitrogen and oxygen atoms in total. The molecule has 0 radical (unpaired) electrons. The zero-order valence-corrected chi connectivity index (χ0v) is 12.6. The molecule has 2 aromatic rings. The highest BCUT2D eigenvalue weighted by Crippen LogP contribution is 2.23. The fraction of sp³-hybridized carbons (Fsp3) is 0.154. The van der Waals surface area contributed by atoms with Crippen LogP contribution in [0.3, 0.4) is 0 Å². The molecular weight excluding hydrogens is 319 g/mol. The van der Waals surface area contributed by atoms with Crippen LogP contribution in [0.15, 0.2) is 24.3 Å². The summed E-state index contributed by atoms with van der Waals surface area (Å²) >= 11 is 11.7. The van der Waals surface area contributed by atoms with Crippen molar-refractivity contribution in [2.45, 2.75) is 0 Å². The first-order valence-corrected chi connectivity index (χ1v) is 6.47. The van der Waals surface area contributed by atoms with Crippen molar-refractivity contribution in [2.24, 2.45) is 7.05 Å². The summed E-state index contributed by atoms with van der Waals surface area (Å²) < 4.78 is 10.9. The van der Waals surface area contributed by atoms with Crippen molar-refractivity contribution in [1.29, 1.82) is 0 Å². The van der Waals surface area contributed by atoms with Crippen LogP contribution in [-0.4, -0.2) is 28.8 Å². The van der Waals surface area contributed by atoms with Crippen LogP contribution in [0.4, 0.5) is 0 Å². The van der Waals surface area contributed by atoms with Crippen molar-refractivity contribution in [3.05, 3.63) is 45.6 Å². The van der Waals surface area contributed by atoms with E-state index in [9.17, 15) is 9.59 Å². The number of methoxy groups -OCH3 is 1. The molecule has 0 spiro atoms. The van der Waals surface area contributed by atoms with E-state index in [1.165, 1.54) is 43.1 Å². The number of halogens is 2. The van der Waals surface area contributed by atoms with Gasteiger partial charge in [-0.1, -0.05) is 23.2 Å². The van der Waals surface area contributed by atoms with Crippen molar-refractivity contribution in [1.82, 2.24) is 9.78 Å². The maximum absolute atomic E-state index is 12.0. The number of aromatic nitrogens is 2. The number of carbonyl (C=O) groups is 2. The Morgan fingerprint density at radius 1 is 1.19 bits per heavy atom. The van der Waals surface area contributed by atoms with E-state index in [0.717, 1.165) is 0 Å². The van der Waals surface area contributed by atoms with E-state index < -0.39 is 11.9 Å². The lowest BCUT2D eigenvalue weighted by molar-refractivity contribution is 0.0592. The second kappa shape index (κ2) is 6.15. The van der Waals surface area contributed by atoms with Gasteiger partial charge in [-0.05, 0) is 18.2 Å². The van der Waals surface area contributed by atoms with Crippen molar-refractivity contribution >= 4 is 35.1 Å². The molecule has 0 aliphatic heterocycles. The number of hydrogen-bond donors (Lipinski definition) is 0. The summed E-state index contributed by atoms with van der Waals surface area (Å²) in [6.07, 6.45) is 0. The second-order valence-electron chi connectivity index (χ2n) is 4.00. The average Bonchev–Trinajstić information content (AvgIpc) is 2.79. The summed E-state index contributed by atoms with van der Waals surface area (Å²) in [5.41, 5.74) is 0.187. The minimum atomic E-state index is -0.684. The minimum Gasteiger partial charge on any atom is -0.464 e. The highest BCUT2D eigenvalue weighted by molar-refractivity contribution is 6.36. The van der Waals surface area contributed by atoms with E-state index in [1.54, 1.807) is 0 Å². The van der Waals surface area contributed by atoms with Crippen molar-refractivity contribution in [2.75, 3.05) is 7.11 Å². The van der Waals surface area contributed by atoms with Crippen LogP contribution < -0.4 is 4.74 Å². The molecule has 0 atom stereocenters. The van der Waals surface area contributed by atoms with Gasteiger partial charge in [-0.25, -0.2) is 14.3 Å². The Hall–Kier alpha value is -2.05. The topological polar surface area (TPSA) is 70.4 Å². The Morgan fingerprint density at radius 3 is 2.52 bits per heavy atom. The maximum Gasteiger partial charge on any atom is 0.358 e. The van der Waals surface area contributed by atoms with E-state index >= 15 is 0 Å². The van der Waals surface area contributed by atoms with E-state index in [1.807, 2.05) is 0 Å². The van der Waals surface area contributed by atoms with Crippen LogP contribution in [0.5, 0.6) is 5.88 Å². The van der Waals surface area contributed by atoms with Gasteiger partial charge in [0.15, 0.2) is 5.69 Å². The number of carbonyl (C=O) groups excluding carboxylic acids is 2. The molecule has 0 unspecified atom stereocenters. The average molecular weight is 329 g/mol. The smallest absolute Gasteiger partial charge is 0.358 e. The quantitative estimate of drug-likeness (QED) is 0.810. The Labute approximate surface area is 130 Å². The fourth-order valence-electron chi connectivity index (χ4n) is 1.55. The number of rotatable bonds is 3. The molecule has 2 rings (SSSR count). The predicted molar refractivity (Wildman–Crippen MR) is 76.0 cm³/mol. The molecule has 0 aliphatic rings. The number of ether oxygens (including phenoxy) is 2. The van der Waals surface area contributed by atoms with Crippen molar-refractivity contribution < 1.29 is 19.1 Å². The molecule has 21 heavy (non-hydrogen) atoms. The maximum atomic E-state index is 12.0. The van der Waals surface area contributed by atoms with Gasteiger partial charge < -0.3 is 9.47 Å². The second-order valence-corrected chi connectivity index (χ2v) is 4.84. The van der Waals surface area contributed by atoms with Gasteiger partial charge in [0.05, 0.1) is 17.7 Å². The van der Waals surface area contributed by atoms with Crippen molar-refractivity contribution in [3.8, 4) is 5.88 Å². The largest absolute Gasteiger partial charge is 0.464 e. The zero-order chi connectivity index (χ0) is 15.6. The standard InChI is InChI=1S/C13H10Cl2N2O4/c1-17-11(6-10(16-17)13(19)20-2)21-12(18)8-4-3-7(14)5-9(8)15/h3-6H,1-2H3. The van der Waals surface area contributed by atoms with Gasteiger partial charge in [0, 0.05) is 18.1 Å². The molecule has 1 aromatic carbocycles. The first-order chi connectivity index (χ1) is 9.92. The summed E-state index contributed by atoms with van der Waals surface area (Å²) in [4.78, 5) is 23.4. The number of hydrogen-bond acceptors (Lipinski definition) is 5. The normalized spacial score (nSPS) is 10.3. The fourth-order valence-corrected chi connectivity index (χ4v) is 2.04. The number of benzene rings is 1. The molecule has 0 fully saturated rings. The van der Waals surface area contributed by atoms with Crippen molar-refractivity contribution in [3.63, 3.8) is 0 Å². The monoisotopic (exact) mass is 328 g/mol. The molecule has 0 saturated carbocycles. The number of nitrogens with zero attached hydrogens (tertiary/aromatic N) is 2. The molecule has 1 aromatic heterocycles. The third-order valence-corrected chi connectivity index (χ3v) is 3.13. The van der Waals surface area contributed by atoms with Gasteiger partial charge in [-0.2, -0.15) is 5.10 Å². The van der Waals surface area contributed by atoms with Crippen LogP contribution in [0.25, 0.3) is 0 Å². The molecule has 0 bridgehead atoms. The van der Waals surface area contributed by atoms with Gasteiger partial charge in [0.25, 0.3) is 0 Å². The molecule has 0 N–H and O–H groups in total.